The van der Waals surface area contributed by atoms with Crippen LogP contribution in [0.15, 0.2) is 24.3 Å². The SMILES string of the molecule is C[C@H](N)[C@H]1CCCN(C(=O)[C@H]2COc3ccccc32)C1. The fraction of sp³-hybridized carbons (Fsp3) is 0.562. The van der Waals surface area contributed by atoms with E-state index in [1.165, 1.54) is 0 Å². The van der Waals surface area contributed by atoms with E-state index in [4.69, 9.17) is 10.5 Å². The van der Waals surface area contributed by atoms with Crippen LogP contribution in [0.5, 0.6) is 5.75 Å². The van der Waals surface area contributed by atoms with Crippen LogP contribution in [0.1, 0.15) is 31.2 Å². The monoisotopic (exact) mass is 274 g/mol. The molecule has 0 bridgehead atoms. The van der Waals surface area contributed by atoms with E-state index >= 15 is 0 Å². The molecule has 1 amide bonds. The summed E-state index contributed by atoms with van der Waals surface area (Å²) in [4.78, 5) is 14.7. The van der Waals surface area contributed by atoms with Crippen molar-refractivity contribution in [1.29, 1.82) is 0 Å². The van der Waals surface area contributed by atoms with Crippen LogP contribution in [-0.4, -0.2) is 36.5 Å². The summed E-state index contributed by atoms with van der Waals surface area (Å²) in [5.41, 5.74) is 7.03. The molecule has 20 heavy (non-hydrogen) atoms. The molecule has 0 aromatic heterocycles. The Kier molecular flexibility index (Phi) is 3.66. The van der Waals surface area contributed by atoms with Crippen LogP contribution < -0.4 is 10.5 Å². The summed E-state index contributed by atoms with van der Waals surface area (Å²) in [6, 6.07) is 7.99. The van der Waals surface area contributed by atoms with Crippen molar-refractivity contribution >= 4 is 5.91 Å². The van der Waals surface area contributed by atoms with E-state index < -0.39 is 0 Å². The van der Waals surface area contributed by atoms with Crippen LogP contribution in [0.3, 0.4) is 0 Å². The lowest BCUT2D eigenvalue weighted by atomic mass is 9.90. The lowest BCUT2D eigenvalue weighted by Gasteiger charge is -2.35. The number of para-hydroxylation sites is 1. The molecule has 4 nitrogen and oxygen atoms in total. The van der Waals surface area contributed by atoms with Crippen molar-refractivity contribution in [3.63, 3.8) is 0 Å². The zero-order valence-electron chi connectivity index (χ0n) is 11.9. The van der Waals surface area contributed by atoms with Crippen molar-refractivity contribution in [1.82, 2.24) is 4.90 Å². The number of likely N-dealkylation sites (tertiary alicyclic amines) is 1. The zero-order valence-corrected chi connectivity index (χ0v) is 11.9. The molecule has 4 heteroatoms. The van der Waals surface area contributed by atoms with Gasteiger partial charge in [-0.2, -0.15) is 0 Å². The number of hydrogen-bond donors (Lipinski definition) is 1. The van der Waals surface area contributed by atoms with E-state index in [1.807, 2.05) is 36.1 Å². The average Bonchev–Trinajstić information content (AvgIpc) is 2.90. The van der Waals surface area contributed by atoms with Crippen LogP contribution >= 0.6 is 0 Å². The maximum absolute atomic E-state index is 12.7. The summed E-state index contributed by atoms with van der Waals surface area (Å²) in [5.74, 6) is 1.33. The Labute approximate surface area is 119 Å². The first-order valence-corrected chi connectivity index (χ1v) is 7.43. The predicted octanol–water partition coefficient (Wildman–Crippen LogP) is 1.75. The Morgan fingerprint density at radius 3 is 3.05 bits per heavy atom. The quantitative estimate of drug-likeness (QED) is 0.894. The van der Waals surface area contributed by atoms with Gasteiger partial charge in [-0.15, -0.1) is 0 Å². The van der Waals surface area contributed by atoms with Crippen LogP contribution in [-0.2, 0) is 4.79 Å². The van der Waals surface area contributed by atoms with E-state index in [0.717, 1.165) is 37.2 Å². The molecule has 0 spiro atoms. The van der Waals surface area contributed by atoms with Gasteiger partial charge in [-0.25, -0.2) is 0 Å². The molecule has 0 aliphatic carbocycles. The maximum Gasteiger partial charge on any atom is 0.233 e. The second-order valence-corrected chi connectivity index (χ2v) is 5.95. The minimum Gasteiger partial charge on any atom is -0.492 e. The first-order chi connectivity index (χ1) is 9.66. The average molecular weight is 274 g/mol. The number of hydrogen-bond acceptors (Lipinski definition) is 3. The van der Waals surface area contributed by atoms with Gasteiger partial charge in [0.15, 0.2) is 0 Å². The number of carbonyl (C=O) groups excluding carboxylic acids is 1. The number of carbonyl (C=O) groups is 1. The van der Waals surface area contributed by atoms with Gasteiger partial charge in [-0.3, -0.25) is 4.79 Å². The Balaban J connectivity index is 1.74. The van der Waals surface area contributed by atoms with E-state index in [0.29, 0.717) is 12.5 Å². The lowest BCUT2D eigenvalue weighted by molar-refractivity contribution is -0.135. The van der Waals surface area contributed by atoms with E-state index in [9.17, 15) is 4.79 Å². The second kappa shape index (κ2) is 5.44. The van der Waals surface area contributed by atoms with Crippen molar-refractivity contribution < 1.29 is 9.53 Å². The van der Waals surface area contributed by atoms with Gasteiger partial charge in [-0.1, -0.05) is 18.2 Å². The summed E-state index contributed by atoms with van der Waals surface area (Å²) in [5, 5.41) is 0. The van der Waals surface area contributed by atoms with Crippen molar-refractivity contribution in [2.24, 2.45) is 11.7 Å². The van der Waals surface area contributed by atoms with Crippen LogP contribution in [0.2, 0.25) is 0 Å². The third-order valence-corrected chi connectivity index (χ3v) is 4.51. The molecule has 2 N–H and O–H groups in total. The molecule has 2 aliphatic heterocycles. The van der Waals surface area contributed by atoms with Gasteiger partial charge in [0, 0.05) is 24.7 Å². The number of amides is 1. The Bertz CT molecular complexity index is 501. The van der Waals surface area contributed by atoms with E-state index in [1.54, 1.807) is 0 Å². The molecule has 1 saturated heterocycles. The Morgan fingerprint density at radius 1 is 1.45 bits per heavy atom. The number of nitrogens with two attached hydrogens (primary N) is 1. The molecule has 0 radical (unpaired) electrons. The van der Waals surface area contributed by atoms with Crippen LogP contribution in [0.25, 0.3) is 0 Å². The van der Waals surface area contributed by atoms with E-state index in [2.05, 4.69) is 0 Å². The highest BCUT2D eigenvalue weighted by atomic mass is 16.5. The van der Waals surface area contributed by atoms with Gasteiger partial charge in [0.2, 0.25) is 5.91 Å². The molecule has 3 rings (SSSR count). The minimum absolute atomic E-state index is 0.141. The molecule has 2 aliphatic rings. The lowest BCUT2D eigenvalue weighted by Crippen LogP contribution is -2.46. The van der Waals surface area contributed by atoms with Gasteiger partial charge < -0.3 is 15.4 Å². The predicted molar refractivity (Wildman–Crippen MR) is 77.6 cm³/mol. The standard InChI is InChI=1S/C16H22N2O2/c1-11(17)12-5-4-8-18(9-12)16(19)14-10-20-15-7-3-2-6-13(14)15/h2-3,6-7,11-12,14H,4-5,8-10,17H2,1H3/t11-,12-,14-/m0/s1. The van der Waals surface area contributed by atoms with Gasteiger partial charge in [0.1, 0.15) is 18.3 Å². The fourth-order valence-electron chi connectivity index (χ4n) is 3.23. The van der Waals surface area contributed by atoms with Crippen LogP contribution in [0, 0.1) is 5.92 Å². The molecule has 0 unspecified atom stereocenters. The number of ether oxygens (including phenoxy) is 1. The summed E-state index contributed by atoms with van der Waals surface area (Å²) >= 11 is 0. The van der Waals surface area contributed by atoms with Gasteiger partial charge in [-0.05, 0) is 31.7 Å². The largest absolute Gasteiger partial charge is 0.492 e. The third-order valence-electron chi connectivity index (χ3n) is 4.51. The molecule has 0 saturated carbocycles. The first-order valence-electron chi connectivity index (χ1n) is 7.43. The normalized spacial score (nSPS) is 26.8. The van der Waals surface area contributed by atoms with Gasteiger partial charge in [0.05, 0.1) is 0 Å². The van der Waals surface area contributed by atoms with Crippen molar-refractivity contribution in [2.45, 2.75) is 31.7 Å². The topological polar surface area (TPSA) is 55.6 Å². The number of rotatable bonds is 2. The molecule has 1 fully saturated rings. The molecule has 3 atom stereocenters. The fourth-order valence-corrected chi connectivity index (χ4v) is 3.23. The number of benzene rings is 1. The zero-order chi connectivity index (χ0) is 14.1. The number of piperidine rings is 1. The summed E-state index contributed by atoms with van der Waals surface area (Å²) in [7, 11) is 0. The molecule has 1 aromatic rings. The maximum atomic E-state index is 12.7. The second-order valence-electron chi connectivity index (χ2n) is 5.95. The highest BCUT2D eigenvalue weighted by molar-refractivity contribution is 5.85. The van der Waals surface area contributed by atoms with Crippen LogP contribution in [0.4, 0.5) is 0 Å². The smallest absolute Gasteiger partial charge is 0.233 e. The van der Waals surface area contributed by atoms with Gasteiger partial charge >= 0.3 is 0 Å². The van der Waals surface area contributed by atoms with E-state index in [-0.39, 0.29) is 17.9 Å². The number of nitrogens with zero attached hydrogens (tertiary/aromatic N) is 1. The first kappa shape index (κ1) is 13.4. The molecule has 2 heterocycles. The highest BCUT2D eigenvalue weighted by Crippen LogP contribution is 2.35. The van der Waals surface area contributed by atoms with Crippen molar-refractivity contribution in [2.75, 3.05) is 19.7 Å². The summed E-state index contributed by atoms with van der Waals surface area (Å²) in [6.07, 6.45) is 2.17. The summed E-state index contributed by atoms with van der Waals surface area (Å²) < 4.78 is 5.63. The van der Waals surface area contributed by atoms with Gasteiger partial charge in [0.25, 0.3) is 0 Å². The highest BCUT2D eigenvalue weighted by Gasteiger charge is 2.35. The van der Waals surface area contributed by atoms with Crippen molar-refractivity contribution in [3.05, 3.63) is 29.8 Å². The summed E-state index contributed by atoms with van der Waals surface area (Å²) in [6.45, 7) is 4.14. The van der Waals surface area contributed by atoms with Crippen molar-refractivity contribution in [3.8, 4) is 5.75 Å². The molecule has 1 aromatic carbocycles. The third kappa shape index (κ3) is 2.40. The Hall–Kier alpha value is -1.55. The minimum atomic E-state index is -0.141. The molecule has 108 valence electrons. The molecular formula is C16H22N2O2. The number of fused-ring (bicyclic) bond motifs is 1. The Morgan fingerprint density at radius 2 is 2.25 bits per heavy atom. The molecular weight excluding hydrogens is 252 g/mol.